The second-order valence-electron chi connectivity index (χ2n) is 7.88. The Morgan fingerprint density at radius 1 is 0.967 bits per heavy atom. The quantitative estimate of drug-likeness (QED) is 0.669. The lowest BCUT2D eigenvalue weighted by Gasteiger charge is -2.35. The summed E-state index contributed by atoms with van der Waals surface area (Å²) in [5, 5.41) is 9.59. The minimum absolute atomic E-state index is 0.0749. The number of benzene rings is 2. The van der Waals surface area contributed by atoms with E-state index in [0.29, 0.717) is 24.3 Å². The lowest BCUT2D eigenvalue weighted by atomic mass is 10.1. The third-order valence-electron chi connectivity index (χ3n) is 5.89. The molecule has 30 heavy (non-hydrogen) atoms. The van der Waals surface area contributed by atoms with Gasteiger partial charge in [-0.1, -0.05) is 36.4 Å². The molecule has 5 nitrogen and oxygen atoms in total. The molecule has 1 aliphatic rings. The first-order valence-corrected chi connectivity index (χ1v) is 10.3. The first-order chi connectivity index (χ1) is 14.6. The first kappa shape index (κ1) is 19.9. The molecule has 1 fully saturated rings. The SMILES string of the molecule is Cc1ccc(-n2ccc(C#N)c2C(=O)N2CCN(Cc3ccccc3)CC2)cc1C. The molecule has 0 spiro atoms. The Morgan fingerprint density at radius 2 is 1.70 bits per heavy atom. The zero-order chi connectivity index (χ0) is 21.1. The third-order valence-corrected chi connectivity index (χ3v) is 5.89. The Bertz CT molecular complexity index is 1090. The average molecular weight is 399 g/mol. The molecule has 0 bridgehead atoms. The number of rotatable bonds is 4. The van der Waals surface area contributed by atoms with E-state index in [1.54, 1.807) is 6.07 Å². The van der Waals surface area contributed by atoms with Gasteiger partial charge >= 0.3 is 0 Å². The zero-order valence-corrected chi connectivity index (χ0v) is 17.5. The fourth-order valence-electron chi connectivity index (χ4n) is 3.93. The number of aromatic nitrogens is 1. The van der Waals surface area contributed by atoms with Crippen LogP contribution in [0.15, 0.2) is 60.8 Å². The average Bonchev–Trinajstić information content (AvgIpc) is 3.20. The van der Waals surface area contributed by atoms with Crippen molar-refractivity contribution in [3.8, 4) is 11.8 Å². The van der Waals surface area contributed by atoms with Gasteiger partial charge in [0.1, 0.15) is 11.8 Å². The second kappa shape index (κ2) is 8.56. The van der Waals surface area contributed by atoms with Crippen LogP contribution in [0.4, 0.5) is 0 Å². The van der Waals surface area contributed by atoms with Crippen LogP contribution >= 0.6 is 0 Å². The largest absolute Gasteiger partial charge is 0.335 e. The van der Waals surface area contributed by atoms with Gasteiger partial charge in [0, 0.05) is 44.6 Å². The van der Waals surface area contributed by atoms with E-state index in [1.165, 1.54) is 11.1 Å². The van der Waals surface area contributed by atoms with E-state index in [0.717, 1.165) is 30.9 Å². The van der Waals surface area contributed by atoms with Crippen LogP contribution in [0, 0.1) is 25.2 Å². The Balaban J connectivity index is 1.52. The van der Waals surface area contributed by atoms with Crippen molar-refractivity contribution in [2.45, 2.75) is 20.4 Å². The number of hydrogen-bond acceptors (Lipinski definition) is 3. The van der Waals surface area contributed by atoms with E-state index in [2.05, 4.69) is 55.1 Å². The monoisotopic (exact) mass is 398 g/mol. The second-order valence-corrected chi connectivity index (χ2v) is 7.88. The van der Waals surface area contributed by atoms with E-state index >= 15 is 0 Å². The van der Waals surface area contributed by atoms with Crippen LogP contribution < -0.4 is 0 Å². The van der Waals surface area contributed by atoms with Crippen LogP contribution in [0.5, 0.6) is 0 Å². The van der Waals surface area contributed by atoms with Gasteiger partial charge in [-0.2, -0.15) is 5.26 Å². The molecular formula is C25H26N4O. The van der Waals surface area contributed by atoms with E-state index < -0.39 is 0 Å². The molecule has 0 aliphatic carbocycles. The van der Waals surface area contributed by atoms with Gasteiger partial charge in [-0.25, -0.2) is 0 Å². The molecule has 2 aromatic carbocycles. The van der Waals surface area contributed by atoms with Crippen LogP contribution in [0.1, 0.15) is 32.7 Å². The smallest absolute Gasteiger partial charge is 0.272 e. The lowest BCUT2D eigenvalue weighted by Crippen LogP contribution is -2.48. The van der Waals surface area contributed by atoms with Gasteiger partial charge in [0.2, 0.25) is 0 Å². The number of nitrogens with zero attached hydrogens (tertiary/aromatic N) is 4. The van der Waals surface area contributed by atoms with Crippen LogP contribution in [-0.2, 0) is 6.54 Å². The minimum Gasteiger partial charge on any atom is -0.335 e. The summed E-state index contributed by atoms with van der Waals surface area (Å²) in [4.78, 5) is 17.6. The molecule has 4 rings (SSSR count). The summed E-state index contributed by atoms with van der Waals surface area (Å²) in [7, 11) is 0. The maximum Gasteiger partial charge on any atom is 0.272 e. The number of carbonyl (C=O) groups excluding carboxylic acids is 1. The van der Waals surface area contributed by atoms with Gasteiger partial charge in [0.05, 0.1) is 5.56 Å². The molecular weight excluding hydrogens is 372 g/mol. The van der Waals surface area contributed by atoms with Crippen LogP contribution in [-0.4, -0.2) is 46.5 Å². The highest BCUT2D eigenvalue weighted by atomic mass is 16.2. The fourth-order valence-corrected chi connectivity index (χ4v) is 3.93. The van der Waals surface area contributed by atoms with Gasteiger partial charge in [-0.15, -0.1) is 0 Å². The molecule has 1 amide bonds. The molecule has 1 aromatic heterocycles. The highest BCUT2D eigenvalue weighted by molar-refractivity contribution is 5.96. The molecule has 0 unspecified atom stereocenters. The Kier molecular flexibility index (Phi) is 5.69. The molecule has 152 valence electrons. The number of nitriles is 1. The van der Waals surface area contributed by atoms with Crippen molar-refractivity contribution in [3.63, 3.8) is 0 Å². The van der Waals surface area contributed by atoms with Gasteiger partial charge < -0.3 is 9.47 Å². The molecule has 3 aromatic rings. The van der Waals surface area contributed by atoms with E-state index in [-0.39, 0.29) is 5.91 Å². The van der Waals surface area contributed by atoms with Crippen molar-refractivity contribution in [1.82, 2.24) is 14.4 Å². The molecule has 1 saturated heterocycles. The Labute approximate surface area is 177 Å². The lowest BCUT2D eigenvalue weighted by molar-refractivity contribution is 0.0620. The van der Waals surface area contributed by atoms with Gasteiger partial charge in [-0.3, -0.25) is 9.69 Å². The number of piperazine rings is 1. The van der Waals surface area contributed by atoms with Crippen molar-refractivity contribution >= 4 is 5.91 Å². The summed E-state index contributed by atoms with van der Waals surface area (Å²) < 4.78 is 1.85. The van der Waals surface area contributed by atoms with Gasteiger partial charge in [0.25, 0.3) is 5.91 Å². The Hall–Kier alpha value is -3.36. The van der Waals surface area contributed by atoms with Crippen molar-refractivity contribution in [2.24, 2.45) is 0 Å². The molecule has 0 saturated carbocycles. The summed E-state index contributed by atoms with van der Waals surface area (Å²) in [5.74, 6) is -0.0749. The van der Waals surface area contributed by atoms with Gasteiger partial charge in [0.15, 0.2) is 0 Å². The molecule has 0 N–H and O–H groups in total. The molecule has 5 heteroatoms. The highest BCUT2D eigenvalue weighted by Gasteiger charge is 2.27. The summed E-state index contributed by atoms with van der Waals surface area (Å²) in [6, 6.07) is 20.4. The van der Waals surface area contributed by atoms with Gasteiger partial charge in [-0.05, 0) is 48.7 Å². The van der Waals surface area contributed by atoms with E-state index in [9.17, 15) is 10.1 Å². The van der Waals surface area contributed by atoms with Crippen molar-refractivity contribution in [1.29, 1.82) is 5.26 Å². The maximum absolute atomic E-state index is 13.4. The van der Waals surface area contributed by atoms with E-state index in [4.69, 9.17) is 0 Å². The number of amides is 1. The van der Waals surface area contributed by atoms with Crippen LogP contribution in [0.2, 0.25) is 0 Å². The molecule has 1 aliphatic heterocycles. The van der Waals surface area contributed by atoms with Crippen molar-refractivity contribution in [3.05, 3.63) is 88.7 Å². The third kappa shape index (κ3) is 4.00. The summed E-state index contributed by atoms with van der Waals surface area (Å²) >= 11 is 0. The molecule has 0 radical (unpaired) electrons. The summed E-state index contributed by atoms with van der Waals surface area (Å²) in [5.41, 5.74) is 5.43. The Morgan fingerprint density at radius 3 is 2.37 bits per heavy atom. The fraction of sp³-hybridized carbons (Fsp3) is 0.280. The number of aryl methyl sites for hydroxylation is 2. The normalized spacial score (nSPS) is 14.5. The topological polar surface area (TPSA) is 52.3 Å². The minimum atomic E-state index is -0.0749. The molecule has 2 heterocycles. The van der Waals surface area contributed by atoms with Crippen LogP contribution in [0.25, 0.3) is 5.69 Å². The molecule has 0 atom stereocenters. The van der Waals surface area contributed by atoms with Crippen molar-refractivity contribution < 1.29 is 4.79 Å². The van der Waals surface area contributed by atoms with E-state index in [1.807, 2.05) is 33.9 Å². The van der Waals surface area contributed by atoms with Crippen LogP contribution in [0.3, 0.4) is 0 Å². The highest BCUT2D eigenvalue weighted by Crippen LogP contribution is 2.22. The summed E-state index contributed by atoms with van der Waals surface area (Å²) in [6.07, 6.45) is 1.82. The first-order valence-electron chi connectivity index (χ1n) is 10.3. The zero-order valence-electron chi connectivity index (χ0n) is 17.5. The number of carbonyl (C=O) groups is 1. The standard InChI is InChI=1S/C25H26N4O/c1-19-8-9-23(16-20(19)2)29-11-10-22(17-26)24(29)25(30)28-14-12-27(13-15-28)18-21-6-4-3-5-7-21/h3-11,16H,12-15,18H2,1-2H3. The summed E-state index contributed by atoms with van der Waals surface area (Å²) in [6.45, 7) is 7.99. The number of hydrogen-bond donors (Lipinski definition) is 0. The van der Waals surface area contributed by atoms with Crippen molar-refractivity contribution in [2.75, 3.05) is 26.2 Å². The predicted octanol–water partition coefficient (Wildman–Crippen LogP) is 3.92. The predicted molar refractivity (Wildman–Crippen MR) is 118 cm³/mol. The maximum atomic E-state index is 13.4.